The topological polar surface area (TPSA) is 81.5 Å². The standard InChI is InChI=1S/C21H17ClN2O4S/c22-18-7-5-16(24(26)27)10-19(18)23-21(25)20-8-13(12-29-20)11-28-17-6-4-14-2-1-3-15(14)9-17/h4-10,12H,1-3,11H2,(H,23,25). The fourth-order valence-electron chi connectivity index (χ4n) is 3.28. The minimum absolute atomic E-state index is 0.140. The Morgan fingerprint density at radius 1 is 1.17 bits per heavy atom. The summed E-state index contributed by atoms with van der Waals surface area (Å²) < 4.78 is 5.87. The Morgan fingerprint density at radius 2 is 2.00 bits per heavy atom. The van der Waals surface area contributed by atoms with E-state index in [0.29, 0.717) is 11.5 Å². The van der Waals surface area contributed by atoms with E-state index >= 15 is 0 Å². The maximum Gasteiger partial charge on any atom is 0.271 e. The van der Waals surface area contributed by atoms with Gasteiger partial charge in [-0.15, -0.1) is 11.3 Å². The van der Waals surface area contributed by atoms with Gasteiger partial charge < -0.3 is 10.1 Å². The second-order valence-electron chi connectivity index (χ2n) is 6.77. The summed E-state index contributed by atoms with van der Waals surface area (Å²) in [5, 5.41) is 15.6. The lowest BCUT2D eigenvalue weighted by molar-refractivity contribution is -0.384. The van der Waals surface area contributed by atoms with E-state index in [-0.39, 0.29) is 22.3 Å². The van der Waals surface area contributed by atoms with Crippen LogP contribution in [-0.4, -0.2) is 10.8 Å². The van der Waals surface area contributed by atoms with E-state index < -0.39 is 4.92 Å². The lowest BCUT2D eigenvalue weighted by Crippen LogP contribution is -2.10. The van der Waals surface area contributed by atoms with Crippen molar-refractivity contribution >= 4 is 40.2 Å². The molecule has 0 aliphatic heterocycles. The van der Waals surface area contributed by atoms with E-state index in [9.17, 15) is 14.9 Å². The summed E-state index contributed by atoms with van der Waals surface area (Å²) in [7, 11) is 0. The number of nitrogens with zero attached hydrogens (tertiary/aromatic N) is 1. The number of nitro groups is 1. The molecule has 1 aliphatic rings. The van der Waals surface area contributed by atoms with Gasteiger partial charge >= 0.3 is 0 Å². The average molecular weight is 429 g/mol. The second kappa shape index (κ2) is 8.23. The van der Waals surface area contributed by atoms with Crippen molar-refractivity contribution in [3.8, 4) is 5.75 Å². The minimum atomic E-state index is -0.536. The zero-order valence-electron chi connectivity index (χ0n) is 15.3. The number of amides is 1. The van der Waals surface area contributed by atoms with E-state index in [1.807, 2.05) is 11.4 Å². The van der Waals surface area contributed by atoms with Crippen LogP contribution in [0.5, 0.6) is 5.75 Å². The van der Waals surface area contributed by atoms with Gasteiger partial charge in [0.15, 0.2) is 0 Å². The molecule has 1 aromatic heterocycles. The number of aryl methyl sites for hydroxylation is 2. The van der Waals surface area contributed by atoms with Crippen LogP contribution < -0.4 is 10.1 Å². The Hall–Kier alpha value is -2.90. The van der Waals surface area contributed by atoms with Gasteiger partial charge in [0, 0.05) is 17.7 Å². The average Bonchev–Trinajstić information content (AvgIpc) is 3.36. The van der Waals surface area contributed by atoms with Crippen molar-refractivity contribution in [1.29, 1.82) is 0 Å². The second-order valence-corrected chi connectivity index (χ2v) is 8.09. The molecule has 0 atom stereocenters. The van der Waals surface area contributed by atoms with Gasteiger partial charge in [-0.1, -0.05) is 17.7 Å². The Balaban J connectivity index is 1.40. The van der Waals surface area contributed by atoms with E-state index in [1.54, 1.807) is 6.07 Å². The number of benzene rings is 2. The lowest BCUT2D eigenvalue weighted by atomic mass is 10.1. The van der Waals surface area contributed by atoms with E-state index in [1.165, 1.54) is 47.1 Å². The number of ether oxygens (including phenoxy) is 1. The normalized spacial score (nSPS) is 12.4. The molecule has 0 saturated carbocycles. The van der Waals surface area contributed by atoms with Gasteiger partial charge in [0.2, 0.25) is 0 Å². The van der Waals surface area contributed by atoms with Crippen molar-refractivity contribution in [2.75, 3.05) is 5.32 Å². The molecular formula is C21H17ClN2O4S. The van der Waals surface area contributed by atoms with Crippen molar-refractivity contribution in [3.63, 3.8) is 0 Å². The fraction of sp³-hybridized carbons (Fsp3) is 0.190. The first kappa shape index (κ1) is 19.4. The molecule has 1 amide bonds. The number of non-ortho nitro benzene ring substituents is 1. The molecule has 148 valence electrons. The molecular weight excluding hydrogens is 412 g/mol. The number of nitro benzene ring substituents is 1. The lowest BCUT2D eigenvalue weighted by Gasteiger charge is -2.07. The molecule has 0 saturated heterocycles. The molecule has 0 radical (unpaired) electrons. The van der Waals surface area contributed by atoms with Gasteiger partial charge in [0.25, 0.3) is 11.6 Å². The molecule has 0 fully saturated rings. The molecule has 0 unspecified atom stereocenters. The summed E-state index contributed by atoms with van der Waals surface area (Å²) in [6, 6.07) is 11.9. The third-order valence-electron chi connectivity index (χ3n) is 4.76. The highest BCUT2D eigenvalue weighted by Gasteiger charge is 2.15. The van der Waals surface area contributed by atoms with Gasteiger partial charge in [0.05, 0.1) is 20.5 Å². The molecule has 29 heavy (non-hydrogen) atoms. The van der Waals surface area contributed by atoms with E-state index in [4.69, 9.17) is 16.3 Å². The number of thiophene rings is 1. The Morgan fingerprint density at radius 3 is 2.83 bits per heavy atom. The van der Waals surface area contributed by atoms with Crippen LogP contribution in [-0.2, 0) is 19.4 Å². The van der Waals surface area contributed by atoms with Crippen LogP contribution >= 0.6 is 22.9 Å². The molecule has 1 heterocycles. The zero-order chi connectivity index (χ0) is 20.4. The van der Waals surface area contributed by atoms with Crippen molar-refractivity contribution in [3.05, 3.63) is 84.5 Å². The van der Waals surface area contributed by atoms with Gasteiger partial charge in [-0.05, 0) is 60.0 Å². The van der Waals surface area contributed by atoms with Crippen LogP contribution in [0.4, 0.5) is 11.4 Å². The van der Waals surface area contributed by atoms with Crippen molar-refractivity contribution < 1.29 is 14.5 Å². The third kappa shape index (κ3) is 4.41. The smallest absolute Gasteiger partial charge is 0.271 e. The number of hydrogen-bond donors (Lipinski definition) is 1. The zero-order valence-corrected chi connectivity index (χ0v) is 16.9. The van der Waals surface area contributed by atoms with Crippen LogP contribution in [0.25, 0.3) is 0 Å². The predicted octanol–water partition coefficient (Wildman–Crippen LogP) is 5.63. The fourth-order valence-corrected chi connectivity index (χ4v) is 4.24. The van der Waals surface area contributed by atoms with Gasteiger partial charge in [0.1, 0.15) is 12.4 Å². The maximum atomic E-state index is 12.5. The molecule has 2 aromatic carbocycles. The number of carbonyl (C=O) groups excluding carboxylic acids is 1. The Kier molecular flexibility index (Phi) is 5.51. The van der Waals surface area contributed by atoms with Crippen molar-refractivity contribution in [1.82, 2.24) is 0 Å². The molecule has 4 rings (SSSR count). The summed E-state index contributed by atoms with van der Waals surface area (Å²) in [4.78, 5) is 23.3. The number of nitrogens with one attached hydrogen (secondary N) is 1. The number of hydrogen-bond acceptors (Lipinski definition) is 5. The molecule has 6 nitrogen and oxygen atoms in total. The molecule has 0 spiro atoms. The van der Waals surface area contributed by atoms with Gasteiger partial charge in [-0.2, -0.15) is 0 Å². The predicted molar refractivity (Wildman–Crippen MR) is 113 cm³/mol. The van der Waals surface area contributed by atoms with Crippen LogP contribution in [0.1, 0.15) is 32.8 Å². The maximum absolute atomic E-state index is 12.5. The number of carbonyl (C=O) groups is 1. The number of fused-ring (bicyclic) bond motifs is 1. The summed E-state index contributed by atoms with van der Waals surface area (Å²) in [6.07, 6.45) is 3.42. The van der Waals surface area contributed by atoms with Crippen LogP contribution in [0.2, 0.25) is 5.02 Å². The highest BCUT2D eigenvalue weighted by atomic mass is 35.5. The molecule has 8 heteroatoms. The van der Waals surface area contributed by atoms with E-state index in [2.05, 4.69) is 17.4 Å². The quantitative estimate of drug-likeness (QED) is 0.407. The van der Waals surface area contributed by atoms with E-state index in [0.717, 1.165) is 24.2 Å². The summed E-state index contributed by atoms with van der Waals surface area (Å²) in [5.74, 6) is 0.451. The minimum Gasteiger partial charge on any atom is -0.489 e. The summed E-state index contributed by atoms with van der Waals surface area (Å²) in [5.41, 5.74) is 3.69. The summed E-state index contributed by atoms with van der Waals surface area (Å²) >= 11 is 7.32. The number of rotatable bonds is 6. The number of anilines is 1. The number of halogens is 1. The summed E-state index contributed by atoms with van der Waals surface area (Å²) in [6.45, 7) is 0.361. The van der Waals surface area contributed by atoms with Gasteiger partial charge in [-0.3, -0.25) is 14.9 Å². The third-order valence-corrected chi connectivity index (χ3v) is 6.07. The SMILES string of the molecule is O=C(Nc1cc([N+](=O)[O-])ccc1Cl)c1cc(COc2ccc3c(c2)CCC3)cs1. The Bertz CT molecular complexity index is 1100. The first-order chi connectivity index (χ1) is 14.0. The highest BCUT2D eigenvalue weighted by molar-refractivity contribution is 7.12. The molecule has 0 bridgehead atoms. The first-order valence-corrected chi connectivity index (χ1v) is 10.3. The molecule has 1 aliphatic carbocycles. The molecule has 3 aromatic rings. The van der Waals surface area contributed by atoms with Gasteiger partial charge in [-0.25, -0.2) is 0 Å². The van der Waals surface area contributed by atoms with Crippen LogP contribution in [0.15, 0.2) is 47.8 Å². The largest absolute Gasteiger partial charge is 0.489 e. The molecule has 1 N–H and O–H groups in total. The highest BCUT2D eigenvalue weighted by Crippen LogP contribution is 2.29. The Labute approximate surface area is 176 Å². The monoisotopic (exact) mass is 428 g/mol. The first-order valence-electron chi connectivity index (χ1n) is 9.07. The van der Waals surface area contributed by atoms with Crippen LogP contribution in [0, 0.1) is 10.1 Å². The van der Waals surface area contributed by atoms with Crippen LogP contribution in [0.3, 0.4) is 0 Å². The van der Waals surface area contributed by atoms with Crippen molar-refractivity contribution in [2.45, 2.75) is 25.9 Å². The van der Waals surface area contributed by atoms with Crippen molar-refractivity contribution in [2.24, 2.45) is 0 Å².